The van der Waals surface area contributed by atoms with Gasteiger partial charge in [-0.2, -0.15) is 0 Å². The number of nitrogens with one attached hydrogen (secondary N) is 1. The van der Waals surface area contributed by atoms with Gasteiger partial charge in [-0.15, -0.1) is 0 Å². The minimum atomic E-state index is -0.624. The fourth-order valence-electron chi connectivity index (χ4n) is 2.35. The fourth-order valence-corrected chi connectivity index (χ4v) is 2.35. The molecule has 2 heterocycles. The highest BCUT2D eigenvalue weighted by molar-refractivity contribution is 5.95. The summed E-state index contributed by atoms with van der Waals surface area (Å²) in [5.41, 5.74) is 0.0259. The number of hydrogen-bond acceptors (Lipinski definition) is 4. The Balaban J connectivity index is 2.19. The first-order valence-electron chi connectivity index (χ1n) is 6.39. The molecule has 1 amide bonds. The number of carbonyl (C=O) groups is 1. The maximum Gasteiger partial charge on any atom is 0.257 e. The molecule has 5 nitrogen and oxygen atoms in total. The number of aliphatic hydroxyl groups is 1. The highest BCUT2D eigenvalue weighted by Gasteiger charge is 2.26. The van der Waals surface area contributed by atoms with E-state index in [1.54, 1.807) is 11.9 Å². The molecule has 2 N–H and O–H groups in total. The normalized spacial score (nSPS) is 19.3. The second kappa shape index (κ2) is 5.97. The number of aromatic nitrogens is 1. The van der Waals surface area contributed by atoms with E-state index >= 15 is 0 Å². The van der Waals surface area contributed by atoms with Crippen molar-refractivity contribution in [2.24, 2.45) is 5.92 Å². The van der Waals surface area contributed by atoms with Crippen LogP contribution in [0.5, 0.6) is 0 Å². The summed E-state index contributed by atoms with van der Waals surface area (Å²) in [5.74, 6) is -0.802. The van der Waals surface area contributed by atoms with Crippen molar-refractivity contribution >= 4 is 11.7 Å². The summed E-state index contributed by atoms with van der Waals surface area (Å²) in [5, 5.41) is 11.8. The van der Waals surface area contributed by atoms with Gasteiger partial charge in [-0.25, -0.2) is 9.37 Å². The molecule has 0 aliphatic carbocycles. The van der Waals surface area contributed by atoms with Gasteiger partial charge >= 0.3 is 0 Å². The Bertz CT molecular complexity index is 467. The van der Waals surface area contributed by atoms with E-state index in [1.165, 1.54) is 12.3 Å². The second-order valence-corrected chi connectivity index (χ2v) is 4.71. The van der Waals surface area contributed by atoms with E-state index in [2.05, 4.69) is 10.3 Å². The van der Waals surface area contributed by atoms with Gasteiger partial charge in [-0.3, -0.25) is 4.79 Å². The Labute approximate surface area is 111 Å². The molecule has 1 aliphatic heterocycles. The molecule has 1 aromatic heterocycles. The number of nitrogens with zero attached hydrogens (tertiary/aromatic N) is 2. The van der Waals surface area contributed by atoms with Crippen LogP contribution < -0.4 is 5.32 Å². The minimum Gasteiger partial charge on any atom is -0.396 e. The van der Waals surface area contributed by atoms with Crippen molar-refractivity contribution in [2.45, 2.75) is 12.8 Å². The number of anilines is 1. The number of amides is 1. The molecule has 1 unspecified atom stereocenters. The van der Waals surface area contributed by atoms with Crippen molar-refractivity contribution in [2.75, 3.05) is 32.1 Å². The van der Waals surface area contributed by atoms with E-state index in [-0.39, 0.29) is 29.8 Å². The number of likely N-dealkylation sites (tertiary alicyclic amines) is 1. The molecule has 0 aromatic carbocycles. The van der Waals surface area contributed by atoms with E-state index in [0.717, 1.165) is 12.8 Å². The monoisotopic (exact) mass is 267 g/mol. The van der Waals surface area contributed by atoms with Crippen LogP contribution >= 0.6 is 0 Å². The molecule has 0 radical (unpaired) electrons. The highest BCUT2D eigenvalue weighted by Crippen LogP contribution is 2.21. The van der Waals surface area contributed by atoms with Gasteiger partial charge in [-0.05, 0) is 24.8 Å². The van der Waals surface area contributed by atoms with Crippen molar-refractivity contribution in [3.05, 3.63) is 23.6 Å². The molecule has 1 aromatic rings. The molecule has 1 fully saturated rings. The summed E-state index contributed by atoms with van der Waals surface area (Å²) >= 11 is 0. The van der Waals surface area contributed by atoms with Crippen LogP contribution in [0, 0.1) is 11.7 Å². The van der Waals surface area contributed by atoms with E-state index in [9.17, 15) is 9.18 Å². The van der Waals surface area contributed by atoms with Crippen molar-refractivity contribution < 1.29 is 14.3 Å². The van der Waals surface area contributed by atoms with Gasteiger partial charge in [-0.1, -0.05) is 0 Å². The van der Waals surface area contributed by atoms with Crippen LogP contribution in [-0.4, -0.2) is 47.6 Å². The number of halogens is 1. The molecule has 1 saturated heterocycles. The van der Waals surface area contributed by atoms with Gasteiger partial charge in [0.1, 0.15) is 0 Å². The van der Waals surface area contributed by atoms with Gasteiger partial charge in [0.05, 0.1) is 5.56 Å². The lowest BCUT2D eigenvalue weighted by Gasteiger charge is -2.32. The lowest BCUT2D eigenvalue weighted by atomic mass is 9.98. The number of carbonyl (C=O) groups excluding carboxylic acids is 1. The zero-order chi connectivity index (χ0) is 13.8. The summed E-state index contributed by atoms with van der Waals surface area (Å²) in [6.45, 7) is 1.14. The molecule has 1 atom stereocenters. The van der Waals surface area contributed by atoms with E-state index in [0.29, 0.717) is 13.1 Å². The Morgan fingerprint density at radius 3 is 3.16 bits per heavy atom. The SMILES string of the molecule is CNc1nccc(C(=O)N2CCCC(CO)C2)c1F. The topological polar surface area (TPSA) is 65.5 Å². The summed E-state index contributed by atoms with van der Waals surface area (Å²) in [6, 6.07) is 1.39. The summed E-state index contributed by atoms with van der Waals surface area (Å²) in [7, 11) is 1.56. The zero-order valence-corrected chi connectivity index (χ0v) is 10.9. The lowest BCUT2D eigenvalue weighted by molar-refractivity contribution is 0.0616. The molecule has 0 spiro atoms. The molecule has 6 heteroatoms. The Morgan fingerprint density at radius 2 is 2.47 bits per heavy atom. The number of pyridine rings is 1. The third kappa shape index (κ3) is 2.84. The summed E-state index contributed by atoms with van der Waals surface area (Å²) in [6.07, 6.45) is 3.15. The number of rotatable bonds is 3. The van der Waals surface area contributed by atoms with Gasteiger partial charge in [0.25, 0.3) is 5.91 Å². The van der Waals surface area contributed by atoms with Crippen molar-refractivity contribution in [1.82, 2.24) is 9.88 Å². The zero-order valence-electron chi connectivity index (χ0n) is 10.9. The summed E-state index contributed by atoms with van der Waals surface area (Å²) < 4.78 is 14.0. The van der Waals surface area contributed by atoms with Crippen LogP contribution in [0.1, 0.15) is 23.2 Å². The van der Waals surface area contributed by atoms with E-state index in [4.69, 9.17) is 5.11 Å². The highest BCUT2D eigenvalue weighted by atomic mass is 19.1. The summed E-state index contributed by atoms with van der Waals surface area (Å²) in [4.78, 5) is 17.7. The number of aliphatic hydroxyl groups excluding tert-OH is 1. The van der Waals surface area contributed by atoms with Crippen molar-refractivity contribution in [3.8, 4) is 0 Å². The van der Waals surface area contributed by atoms with Crippen LogP contribution in [0.25, 0.3) is 0 Å². The maximum atomic E-state index is 14.0. The third-order valence-corrected chi connectivity index (χ3v) is 3.42. The standard InChI is InChI=1S/C13H18FN3O2/c1-15-12-11(14)10(4-5-16-12)13(19)17-6-2-3-9(7-17)8-18/h4-5,9,18H,2-3,6-8H2,1H3,(H,15,16). The van der Waals surface area contributed by atoms with Gasteiger partial charge in [0.15, 0.2) is 11.6 Å². The van der Waals surface area contributed by atoms with Crippen LogP contribution in [0.4, 0.5) is 10.2 Å². The Hall–Kier alpha value is -1.69. The molecular weight excluding hydrogens is 249 g/mol. The molecule has 0 saturated carbocycles. The van der Waals surface area contributed by atoms with Crippen LogP contribution in [0.3, 0.4) is 0 Å². The van der Waals surface area contributed by atoms with Crippen molar-refractivity contribution in [3.63, 3.8) is 0 Å². The Morgan fingerprint density at radius 1 is 1.68 bits per heavy atom. The van der Waals surface area contributed by atoms with Crippen LogP contribution in [0.15, 0.2) is 12.3 Å². The minimum absolute atomic E-state index is 0.0259. The maximum absolute atomic E-state index is 14.0. The van der Waals surface area contributed by atoms with E-state index < -0.39 is 5.82 Å². The van der Waals surface area contributed by atoms with E-state index in [1.807, 2.05) is 0 Å². The largest absolute Gasteiger partial charge is 0.396 e. The first-order chi connectivity index (χ1) is 9.17. The number of piperidine rings is 1. The average molecular weight is 267 g/mol. The Kier molecular flexibility index (Phi) is 4.31. The van der Waals surface area contributed by atoms with Gasteiger partial charge in [0.2, 0.25) is 0 Å². The molecule has 104 valence electrons. The van der Waals surface area contributed by atoms with Gasteiger partial charge in [0, 0.05) is 32.9 Å². The first-order valence-corrected chi connectivity index (χ1v) is 6.39. The number of hydrogen-bond donors (Lipinski definition) is 2. The predicted molar refractivity (Wildman–Crippen MR) is 69.5 cm³/mol. The second-order valence-electron chi connectivity index (χ2n) is 4.71. The molecule has 1 aliphatic rings. The molecule has 2 rings (SSSR count). The molecular formula is C13H18FN3O2. The van der Waals surface area contributed by atoms with Crippen LogP contribution in [-0.2, 0) is 0 Å². The van der Waals surface area contributed by atoms with Crippen molar-refractivity contribution in [1.29, 1.82) is 0 Å². The lowest BCUT2D eigenvalue weighted by Crippen LogP contribution is -2.41. The fraction of sp³-hybridized carbons (Fsp3) is 0.538. The quantitative estimate of drug-likeness (QED) is 0.861. The van der Waals surface area contributed by atoms with Gasteiger partial charge < -0.3 is 15.3 Å². The smallest absolute Gasteiger partial charge is 0.257 e. The molecule has 0 bridgehead atoms. The average Bonchev–Trinajstić information content (AvgIpc) is 2.47. The predicted octanol–water partition coefficient (Wildman–Crippen LogP) is 1.11. The third-order valence-electron chi connectivity index (χ3n) is 3.42. The van der Waals surface area contributed by atoms with Crippen LogP contribution in [0.2, 0.25) is 0 Å². The first kappa shape index (κ1) is 13.7. The molecule has 19 heavy (non-hydrogen) atoms.